The predicted octanol–water partition coefficient (Wildman–Crippen LogP) is 3.12. The van der Waals surface area contributed by atoms with Gasteiger partial charge in [-0.25, -0.2) is 4.39 Å². The first kappa shape index (κ1) is 14.7. The summed E-state index contributed by atoms with van der Waals surface area (Å²) in [5.74, 6) is -0.615. The highest BCUT2D eigenvalue weighted by atomic mass is 19.1. The molecule has 0 saturated heterocycles. The average molecular weight is 282 g/mol. The van der Waals surface area contributed by atoms with Crippen LogP contribution in [-0.2, 0) is 11.2 Å². The molecule has 2 rings (SSSR count). The molecule has 1 N–H and O–H groups in total. The van der Waals surface area contributed by atoms with Gasteiger partial charge in [-0.05, 0) is 36.2 Å². The lowest BCUT2D eigenvalue weighted by molar-refractivity contribution is -0.121. The van der Waals surface area contributed by atoms with E-state index < -0.39 is 0 Å². The zero-order chi connectivity index (χ0) is 15.2. The first-order chi connectivity index (χ1) is 10.1. The molecule has 4 heteroatoms. The van der Waals surface area contributed by atoms with Crippen LogP contribution in [0.4, 0.5) is 4.39 Å². The van der Waals surface area contributed by atoms with Crippen molar-refractivity contribution in [2.24, 2.45) is 0 Å². The van der Waals surface area contributed by atoms with E-state index in [-0.39, 0.29) is 24.2 Å². The molecule has 1 amide bonds. The van der Waals surface area contributed by atoms with Crippen molar-refractivity contribution in [2.45, 2.75) is 19.4 Å². The highest BCUT2D eigenvalue weighted by Gasteiger charge is 2.12. The summed E-state index contributed by atoms with van der Waals surface area (Å²) in [6, 6.07) is 15.1. The van der Waals surface area contributed by atoms with Gasteiger partial charge in [0.25, 0.3) is 0 Å². The highest BCUT2D eigenvalue weighted by molar-refractivity contribution is 5.79. The molecule has 0 heterocycles. The minimum atomic E-state index is -0.376. The smallest absolute Gasteiger partial charge is 0.225 e. The Bertz CT molecular complexity index is 674. The van der Waals surface area contributed by atoms with Crippen LogP contribution in [-0.4, -0.2) is 5.91 Å². The molecule has 1 unspecified atom stereocenters. The summed E-state index contributed by atoms with van der Waals surface area (Å²) < 4.78 is 13.5. The summed E-state index contributed by atoms with van der Waals surface area (Å²) in [7, 11) is 0. The standard InChI is InChI=1S/C17H15FN2O/c1-12(14-8-6-13(11-19)7-9-14)20-17(21)10-15-4-2-3-5-16(15)18/h2-9,12H,10H2,1H3,(H,20,21). The second-order valence-corrected chi connectivity index (χ2v) is 4.79. The lowest BCUT2D eigenvalue weighted by Crippen LogP contribution is -2.28. The number of halogens is 1. The fourth-order valence-electron chi connectivity index (χ4n) is 2.04. The quantitative estimate of drug-likeness (QED) is 0.936. The van der Waals surface area contributed by atoms with E-state index in [0.29, 0.717) is 11.1 Å². The molecule has 21 heavy (non-hydrogen) atoms. The second-order valence-electron chi connectivity index (χ2n) is 4.79. The molecule has 106 valence electrons. The zero-order valence-electron chi connectivity index (χ0n) is 11.6. The van der Waals surface area contributed by atoms with Gasteiger partial charge in [0.1, 0.15) is 5.82 Å². The van der Waals surface area contributed by atoms with Gasteiger partial charge in [-0.2, -0.15) is 5.26 Å². The molecule has 0 aromatic heterocycles. The first-order valence-electron chi connectivity index (χ1n) is 6.63. The van der Waals surface area contributed by atoms with Gasteiger partial charge >= 0.3 is 0 Å². The molecule has 0 spiro atoms. The van der Waals surface area contributed by atoms with Gasteiger partial charge < -0.3 is 5.32 Å². The fourth-order valence-corrected chi connectivity index (χ4v) is 2.04. The van der Waals surface area contributed by atoms with Crippen LogP contribution in [0.1, 0.15) is 29.7 Å². The van der Waals surface area contributed by atoms with Gasteiger partial charge in [-0.3, -0.25) is 4.79 Å². The number of carbonyl (C=O) groups is 1. The summed E-state index contributed by atoms with van der Waals surface area (Å²) in [6.07, 6.45) is 0.00723. The third kappa shape index (κ3) is 3.90. The normalized spacial score (nSPS) is 11.5. The van der Waals surface area contributed by atoms with E-state index in [2.05, 4.69) is 5.32 Å². The van der Waals surface area contributed by atoms with Crippen molar-refractivity contribution in [3.05, 3.63) is 71.0 Å². The van der Waals surface area contributed by atoms with Crippen molar-refractivity contribution < 1.29 is 9.18 Å². The van der Waals surface area contributed by atoms with Gasteiger partial charge in [-0.1, -0.05) is 30.3 Å². The van der Waals surface area contributed by atoms with Crippen LogP contribution in [0.25, 0.3) is 0 Å². The number of hydrogen-bond donors (Lipinski definition) is 1. The van der Waals surface area contributed by atoms with Crippen LogP contribution >= 0.6 is 0 Å². The van der Waals surface area contributed by atoms with Crippen molar-refractivity contribution in [2.75, 3.05) is 0 Å². The van der Waals surface area contributed by atoms with Gasteiger partial charge in [0, 0.05) is 0 Å². The average Bonchev–Trinajstić information content (AvgIpc) is 2.49. The summed E-state index contributed by atoms with van der Waals surface area (Å²) in [6.45, 7) is 1.85. The van der Waals surface area contributed by atoms with Crippen LogP contribution in [0.3, 0.4) is 0 Å². The Morgan fingerprint density at radius 1 is 1.24 bits per heavy atom. The molecule has 0 bridgehead atoms. The Hall–Kier alpha value is -2.67. The summed E-state index contributed by atoms with van der Waals surface area (Å²) >= 11 is 0. The molecule has 2 aromatic rings. The van der Waals surface area contributed by atoms with E-state index in [0.717, 1.165) is 5.56 Å². The zero-order valence-corrected chi connectivity index (χ0v) is 11.6. The maximum absolute atomic E-state index is 13.5. The molecule has 0 fully saturated rings. The summed E-state index contributed by atoms with van der Waals surface area (Å²) in [5.41, 5.74) is 1.85. The molecule has 0 aliphatic carbocycles. The number of rotatable bonds is 4. The SMILES string of the molecule is CC(NC(=O)Cc1ccccc1F)c1ccc(C#N)cc1. The van der Waals surface area contributed by atoms with Gasteiger partial charge in [0.2, 0.25) is 5.91 Å². The van der Waals surface area contributed by atoms with Crippen molar-refractivity contribution in [1.29, 1.82) is 5.26 Å². The first-order valence-corrected chi connectivity index (χ1v) is 6.63. The Morgan fingerprint density at radius 2 is 1.90 bits per heavy atom. The van der Waals surface area contributed by atoms with Crippen LogP contribution in [0, 0.1) is 17.1 Å². The van der Waals surface area contributed by atoms with Crippen molar-refractivity contribution >= 4 is 5.91 Å². The number of benzene rings is 2. The van der Waals surface area contributed by atoms with Gasteiger partial charge in [0.15, 0.2) is 0 Å². The Morgan fingerprint density at radius 3 is 2.52 bits per heavy atom. The molecule has 1 atom stereocenters. The molecule has 2 aromatic carbocycles. The number of hydrogen-bond acceptors (Lipinski definition) is 2. The van der Waals surface area contributed by atoms with E-state index in [1.807, 2.05) is 13.0 Å². The number of nitriles is 1. The minimum absolute atomic E-state index is 0.00723. The molecule has 3 nitrogen and oxygen atoms in total. The maximum atomic E-state index is 13.5. The predicted molar refractivity (Wildman–Crippen MR) is 77.8 cm³/mol. The Labute approximate surface area is 123 Å². The topological polar surface area (TPSA) is 52.9 Å². The Kier molecular flexibility index (Phi) is 4.68. The number of carbonyl (C=O) groups excluding carboxylic acids is 1. The molecule has 0 radical (unpaired) electrons. The second kappa shape index (κ2) is 6.67. The number of amides is 1. The van der Waals surface area contributed by atoms with Crippen LogP contribution in [0.5, 0.6) is 0 Å². The monoisotopic (exact) mass is 282 g/mol. The van der Waals surface area contributed by atoms with Crippen LogP contribution in [0.15, 0.2) is 48.5 Å². The van der Waals surface area contributed by atoms with E-state index in [9.17, 15) is 9.18 Å². The van der Waals surface area contributed by atoms with E-state index >= 15 is 0 Å². The minimum Gasteiger partial charge on any atom is -0.349 e. The van der Waals surface area contributed by atoms with Crippen LogP contribution < -0.4 is 5.32 Å². The van der Waals surface area contributed by atoms with Crippen molar-refractivity contribution in [3.63, 3.8) is 0 Å². The molecular weight excluding hydrogens is 267 g/mol. The highest BCUT2D eigenvalue weighted by Crippen LogP contribution is 2.14. The van der Waals surface area contributed by atoms with Crippen molar-refractivity contribution in [3.8, 4) is 6.07 Å². The van der Waals surface area contributed by atoms with Gasteiger partial charge in [-0.15, -0.1) is 0 Å². The molecular formula is C17H15FN2O. The molecule has 0 aliphatic heterocycles. The van der Waals surface area contributed by atoms with E-state index in [4.69, 9.17) is 5.26 Å². The summed E-state index contributed by atoms with van der Waals surface area (Å²) in [5, 5.41) is 11.6. The lowest BCUT2D eigenvalue weighted by atomic mass is 10.1. The van der Waals surface area contributed by atoms with E-state index in [1.54, 1.807) is 42.5 Å². The largest absolute Gasteiger partial charge is 0.349 e. The van der Waals surface area contributed by atoms with Gasteiger partial charge in [0.05, 0.1) is 24.1 Å². The molecule has 0 aliphatic rings. The number of nitrogens with one attached hydrogen (secondary N) is 1. The third-order valence-electron chi connectivity index (χ3n) is 3.23. The van der Waals surface area contributed by atoms with Crippen molar-refractivity contribution in [1.82, 2.24) is 5.32 Å². The maximum Gasteiger partial charge on any atom is 0.225 e. The lowest BCUT2D eigenvalue weighted by Gasteiger charge is -2.14. The molecule has 0 saturated carbocycles. The van der Waals surface area contributed by atoms with Crippen LogP contribution in [0.2, 0.25) is 0 Å². The summed E-state index contributed by atoms with van der Waals surface area (Å²) in [4.78, 5) is 11.9. The number of nitrogens with zero attached hydrogens (tertiary/aromatic N) is 1. The Balaban J connectivity index is 1.99. The van der Waals surface area contributed by atoms with E-state index in [1.165, 1.54) is 6.07 Å². The fraction of sp³-hybridized carbons (Fsp3) is 0.176. The third-order valence-corrected chi connectivity index (χ3v) is 3.23.